The van der Waals surface area contributed by atoms with E-state index in [-0.39, 0.29) is 11.9 Å². The smallest absolute Gasteiger partial charge is 0.333 e. The van der Waals surface area contributed by atoms with E-state index in [1.165, 1.54) is 7.11 Å². The third-order valence-corrected chi connectivity index (χ3v) is 3.77. The van der Waals surface area contributed by atoms with E-state index in [1.807, 2.05) is 13.0 Å². The van der Waals surface area contributed by atoms with Gasteiger partial charge in [-0.05, 0) is 38.3 Å². The highest BCUT2D eigenvalue weighted by atomic mass is 16.5. The van der Waals surface area contributed by atoms with Crippen LogP contribution < -0.4 is 5.32 Å². The molecule has 1 aliphatic rings. The third-order valence-electron chi connectivity index (χ3n) is 3.77. The van der Waals surface area contributed by atoms with Gasteiger partial charge in [0.25, 0.3) is 0 Å². The molecule has 0 radical (unpaired) electrons. The zero-order chi connectivity index (χ0) is 15.0. The summed E-state index contributed by atoms with van der Waals surface area (Å²) in [7, 11) is 1.42. The number of piperidine rings is 1. The Morgan fingerprint density at radius 3 is 2.50 bits per heavy atom. The molecule has 5 nitrogen and oxygen atoms in total. The van der Waals surface area contributed by atoms with Crippen molar-refractivity contribution < 1.29 is 14.3 Å². The molecule has 20 heavy (non-hydrogen) atoms. The molecule has 0 unspecified atom stereocenters. The van der Waals surface area contributed by atoms with Gasteiger partial charge < -0.3 is 10.1 Å². The average Bonchev–Trinajstić information content (AvgIpc) is 2.46. The first kappa shape index (κ1) is 16.7. The van der Waals surface area contributed by atoms with E-state index in [9.17, 15) is 9.59 Å². The number of carbonyl (C=O) groups excluding carboxylic acids is 2. The quantitative estimate of drug-likeness (QED) is 0.590. The number of esters is 1. The minimum atomic E-state index is -0.229. The van der Waals surface area contributed by atoms with Crippen LogP contribution in [0.25, 0.3) is 0 Å². The Morgan fingerprint density at radius 1 is 1.35 bits per heavy atom. The number of methoxy groups -OCH3 is 1. The van der Waals surface area contributed by atoms with Crippen LogP contribution in [0.3, 0.4) is 0 Å². The molecule has 0 bridgehead atoms. The van der Waals surface area contributed by atoms with E-state index < -0.39 is 0 Å². The average molecular weight is 282 g/mol. The number of hydrogen-bond acceptors (Lipinski definition) is 4. The highest BCUT2D eigenvalue weighted by Gasteiger charge is 2.19. The molecule has 0 saturated carbocycles. The van der Waals surface area contributed by atoms with Crippen LogP contribution in [-0.4, -0.2) is 50.1 Å². The van der Waals surface area contributed by atoms with Crippen LogP contribution in [0, 0.1) is 5.92 Å². The maximum atomic E-state index is 11.5. The fourth-order valence-corrected chi connectivity index (χ4v) is 2.40. The molecule has 1 aliphatic heterocycles. The highest BCUT2D eigenvalue weighted by molar-refractivity contribution is 5.88. The lowest BCUT2D eigenvalue weighted by atomic mass is 9.96. The first-order chi connectivity index (χ1) is 9.56. The summed E-state index contributed by atoms with van der Waals surface area (Å²) in [5.41, 5.74) is 0.743. The lowest BCUT2D eigenvalue weighted by Crippen LogP contribution is -2.38. The topological polar surface area (TPSA) is 58.6 Å². The maximum Gasteiger partial charge on any atom is 0.333 e. The van der Waals surface area contributed by atoms with Gasteiger partial charge in [0.05, 0.1) is 7.11 Å². The van der Waals surface area contributed by atoms with Crippen molar-refractivity contribution in [2.75, 3.05) is 33.3 Å². The van der Waals surface area contributed by atoms with Gasteiger partial charge in [0.1, 0.15) is 0 Å². The summed E-state index contributed by atoms with van der Waals surface area (Å²) >= 11 is 0. The lowest BCUT2D eigenvalue weighted by Gasteiger charge is -2.31. The highest BCUT2D eigenvalue weighted by Crippen LogP contribution is 2.16. The summed E-state index contributed by atoms with van der Waals surface area (Å²) < 4.78 is 4.75. The summed E-state index contributed by atoms with van der Waals surface area (Å²) in [5.74, 6) is 0.388. The van der Waals surface area contributed by atoms with Crippen LogP contribution in [0.4, 0.5) is 0 Å². The second-order valence-electron chi connectivity index (χ2n) is 5.26. The number of amides is 1. The van der Waals surface area contributed by atoms with Gasteiger partial charge in [-0.2, -0.15) is 0 Å². The van der Waals surface area contributed by atoms with Gasteiger partial charge in [-0.3, -0.25) is 9.69 Å². The van der Waals surface area contributed by atoms with Crippen LogP contribution >= 0.6 is 0 Å². The van der Waals surface area contributed by atoms with Crippen molar-refractivity contribution in [2.45, 2.75) is 33.1 Å². The zero-order valence-corrected chi connectivity index (χ0v) is 12.8. The van der Waals surface area contributed by atoms with Crippen LogP contribution in [-0.2, 0) is 14.3 Å². The van der Waals surface area contributed by atoms with Crippen LogP contribution in [0.2, 0.25) is 0 Å². The molecule has 0 aromatic heterocycles. The van der Waals surface area contributed by atoms with Gasteiger partial charge in [0, 0.05) is 25.6 Å². The van der Waals surface area contributed by atoms with Gasteiger partial charge in [0.15, 0.2) is 0 Å². The number of ether oxygens (including phenoxy) is 1. The Kier molecular flexibility index (Phi) is 7.30. The minimum Gasteiger partial charge on any atom is -0.466 e. The monoisotopic (exact) mass is 282 g/mol. The molecular formula is C15H26N2O3. The van der Waals surface area contributed by atoms with Crippen molar-refractivity contribution in [1.29, 1.82) is 0 Å². The zero-order valence-electron chi connectivity index (χ0n) is 12.8. The largest absolute Gasteiger partial charge is 0.466 e. The number of likely N-dealkylation sites (tertiary alicyclic amines) is 1. The van der Waals surface area contributed by atoms with Gasteiger partial charge in [-0.1, -0.05) is 13.0 Å². The normalized spacial score (nSPS) is 17.9. The third kappa shape index (κ3) is 5.74. The molecule has 0 aromatic rings. The van der Waals surface area contributed by atoms with Crippen molar-refractivity contribution in [1.82, 2.24) is 10.2 Å². The van der Waals surface area contributed by atoms with Crippen molar-refractivity contribution in [3.8, 4) is 0 Å². The predicted octanol–water partition coefficient (Wildman–Crippen LogP) is 1.34. The van der Waals surface area contributed by atoms with Crippen LogP contribution in [0.1, 0.15) is 33.1 Å². The second-order valence-corrected chi connectivity index (χ2v) is 5.26. The predicted molar refractivity (Wildman–Crippen MR) is 78.2 cm³/mol. The van der Waals surface area contributed by atoms with Crippen molar-refractivity contribution >= 4 is 11.9 Å². The molecule has 1 amide bonds. The second kappa shape index (κ2) is 8.74. The molecular weight excluding hydrogens is 256 g/mol. The standard InChI is InChI=1S/C15H26N2O3/c1-4-14(15(19)20-3)7-10-17-8-5-13(6-9-17)11-16-12(2)18/h7,13H,4-6,8-11H2,1-3H3,(H,16,18). The number of rotatable bonds is 6. The van der Waals surface area contributed by atoms with Gasteiger partial charge in [-0.15, -0.1) is 0 Å². The Balaban J connectivity index is 2.33. The SMILES string of the molecule is CCC(=CCN1CCC(CNC(C)=O)CC1)C(=O)OC. The number of carbonyl (C=O) groups is 2. The summed E-state index contributed by atoms with van der Waals surface area (Å²) in [6.07, 6.45) is 4.85. The molecule has 0 aliphatic carbocycles. The molecule has 0 spiro atoms. The fraction of sp³-hybridized carbons (Fsp3) is 0.733. The summed E-state index contributed by atoms with van der Waals surface area (Å²) in [4.78, 5) is 24.7. The Hall–Kier alpha value is -1.36. The van der Waals surface area contributed by atoms with Crippen molar-refractivity contribution in [3.05, 3.63) is 11.6 Å². The van der Waals surface area contributed by atoms with Crippen LogP contribution in [0.5, 0.6) is 0 Å². The minimum absolute atomic E-state index is 0.0426. The molecule has 1 fully saturated rings. The maximum absolute atomic E-state index is 11.5. The van der Waals surface area contributed by atoms with Crippen molar-refractivity contribution in [2.24, 2.45) is 5.92 Å². The van der Waals surface area contributed by atoms with Gasteiger partial charge in [0.2, 0.25) is 5.91 Å². The summed E-state index contributed by atoms with van der Waals surface area (Å²) in [5, 5.41) is 2.88. The Bertz CT molecular complexity index is 358. The number of hydrogen-bond donors (Lipinski definition) is 1. The molecule has 0 atom stereocenters. The Morgan fingerprint density at radius 2 is 2.00 bits per heavy atom. The summed E-state index contributed by atoms with van der Waals surface area (Å²) in [6.45, 7) is 7.12. The molecule has 5 heteroatoms. The van der Waals surface area contributed by atoms with E-state index >= 15 is 0 Å². The molecule has 114 valence electrons. The van der Waals surface area contributed by atoms with Gasteiger partial charge >= 0.3 is 5.97 Å². The van der Waals surface area contributed by atoms with E-state index in [2.05, 4.69) is 10.2 Å². The first-order valence-corrected chi connectivity index (χ1v) is 7.31. The van der Waals surface area contributed by atoms with E-state index in [0.717, 1.165) is 44.6 Å². The first-order valence-electron chi connectivity index (χ1n) is 7.31. The molecule has 1 saturated heterocycles. The van der Waals surface area contributed by atoms with Gasteiger partial charge in [-0.25, -0.2) is 4.79 Å². The Labute approximate surface area is 121 Å². The number of nitrogens with zero attached hydrogens (tertiary/aromatic N) is 1. The molecule has 0 aromatic carbocycles. The summed E-state index contributed by atoms with van der Waals surface area (Å²) in [6, 6.07) is 0. The lowest BCUT2D eigenvalue weighted by molar-refractivity contribution is -0.136. The molecule has 1 N–H and O–H groups in total. The van der Waals surface area contributed by atoms with E-state index in [0.29, 0.717) is 12.3 Å². The number of nitrogens with one attached hydrogen (secondary N) is 1. The van der Waals surface area contributed by atoms with Crippen molar-refractivity contribution in [3.63, 3.8) is 0 Å². The van der Waals surface area contributed by atoms with E-state index in [1.54, 1.807) is 6.92 Å². The van der Waals surface area contributed by atoms with Crippen LogP contribution in [0.15, 0.2) is 11.6 Å². The van der Waals surface area contributed by atoms with E-state index in [4.69, 9.17) is 4.74 Å². The molecule has 1 heterocycles. The fourth-order valence-electron chi connectivity index (χ4n) is 2.40. The molecule has 1 rings (SSSR count).